The van der Waals surface area contributed by atoms with Crippen LogP contribution < -0.4 is 25.6 Å². The van der Waals surface area contributed by atoms with Crippen molar-refractivity contribution in [3.63, 3.8) is 0 Å². The number of benzene rings is 3. The molecule has 5 aromatic rings. The summed E-state index contributed by atoms with van der Waals surface area (Å²) in [5.74, 6) is 1.04. The van der Waals surface area contributed by atoms with Crippen LogP contribution in [0.25, 0.3) is 11.1 Å². The van der Waals surface area contributed by atoms with Crippen molar-refractivity contribution >= 4 is 66.1 Å². The third-order valence-electron chi connectivity index (χ3n) is 7.11. The van der Waals surface area contributed by atoms with E-state index in [-0.39, 0.29) is 15.7 Å². The van der Waals surface area contributed by atoms with Crippen LogP contribution in [0.15, 0.2) is 116 Å². The van der Waals surface area contributed by atoms with Crippen LogP contribution in [-0.2, 0) is 20.0 Å². The van der Waals surface area contributed by atoms with E-state index in [2.05, 4.69) is 35.8 Å². The van der Waals surface area contributed by atoms with Gasteiger partial charge in [-0.1, -0.05) is 42.5 Å². The smallest absolute Gasteiger partial charge is 0.240 e. The minimum absolute atomic E-state index is 0.146. The van der Waals surface area contributed by atoms with Crippen molar-refractivity contribution in [2.75, 3.05) is 30.3 Å². The van der Waals surface area contributed by atoms with E-state index in [1.807, 2.05) is 47.2 Å². The van der Waals surface area contributed by atoms with E-state index < -0.39 is 20.0 Å². The fourth-order valence-corrected chi connectivity index (χ4v) is 6.51. The zero-order valence-corrected chi connectivity index (χ0v) is 28.8. The normalized spacial score (nSPS) is 12.5. The van der Waals surface area contributed by atoms with Crippen molar-refractivity contribution < 1.29 is 16.8 Å². The first-order chi connectivity index (χ1) is 23.0. The van der Waals surface area contributed by atoms with Gasteiger partial charge in [0.25, 0.3) is 0 Å². The molecule has 5 N–H and O–H groups in total. The first kappa shape index (κ1) is 34.3. The average molecular weight is 704 g/mol. The Bertz CT molecular complexity index is 2040. The molecule has 0 aliphatic rings. The number of anilines is 4. The summed E-state index contributed by atoms with van der Waals surface area (Å²) in [7, 11) is -4.42. The Labute approximate surface area is 283 Å². The average Bonchev–Trinajstić information content (AvgIpc) is 3.64. The number of nitrogens with zero attached hydrogens (tertiary/aromatic N) is 4. The molecule has 48 heavy (non-hydrogen) atoms. The first-order valence-electron chi connectivity index (χ1n) is 14.5. The van der Waals surface area contributed by atoms with Gasteiger partial charge in [0.15, 0.2) is 11.6 Å². The molecule has 2 heterocycles. The number of hydrazone groups is 2. The maximum absolute atomic E-state index is 12.2. The highest BCUT2D eigenvalue weighted by Crippen LogP contribution is 2.36. The van der Waals surface area contributed by atoms with Gasteiger partial charge in [-0.25, -0.2) is 26.3 Å². The summed E-state index contributed by atoms with van der Waals surface area (Å²) >= 11 is 1.50. The number of rotatable bonds is 13. The fraction of sp³-hybridized carbons (Fsp3) is 0.125. The van der Waals surface area contributed by atoms with Crippen molar-refractivity contribution in [1.29, 1.82) is 0 Å². The molecule has 0 radical (unpaired) electrons. The van der Waals surface area contributed by atoms with Gasteiger partial charge in [-0.3, -0.25) is 10.9 Å². The van der Waals surface area contributed by atoms with Gasteiger partial charge in [0.1, 0.15) is 0 Å². The zero-order valence-electron chi connectivity index (χ0n) is 26.4. The molecule has 0 fully saturated rings. The largest absolute Gasteiger partial charge is 0.324 e. The number of hydrogen-bond donors (Lipinski definition) is 5. The minimum atomic E-state index is -3.57. The highest BCUT2D eigenvalue weighted by Gasteiger charge is 2.19. The summed E-state index contributed by atoms with van der Waals surface area (Å²) in [6.45, 7) is 3.59. The highest BCUT2D eigenvalue weighted by molar-refractivity contribution is 7.89. The molecule has 0 atom stereocenters. The van der Waals surface area contributed by atoms with Crippen molar-refractivity contribution in [3.05, 3.63) is 107 Å². The number of aromatic nitrogens is 2. The monoisotopic (exact) mass is 703 g/mol. The second-order valence-corrected chi connectivity index (χ2v) is 14.8. The molecule has 0 unspecified atom stereocenters. The lowest BCUT2D eigenvalue weighted by Crippen LogP contribution is -2.18. The standard InChI is InChI=1S/C32H33N9O4S3/c1-21(23-10-14-27(15-11-23)47(42,43)33-3)38-40-30-29(25-18-19-46-20-25)31(37-32(36-30)35-26-8-6-5-7-9-26)41-39-22(2)24-12-16-28(17-13-24)48(44,45)34-4/h5-20,33-34H,1-4H3,(H3,35,36,37,40,41)/b38-21+,39-22+. The molecule has 3 aromatic carbocycles. The molecule has 0 saturated carbocycles. The minimum Gasteiger partial charge on any atom is -0.324 e. The van der Waals surface area contributed by atoms with Crippen LogP contribution in [0.2, 0.25) is 0 Å². The van der Waals surface area contributed by atoms with E-state index in [9.17, 15) is 16.8 Å². The van der Waals surface area contributed by atoms with E-state index in [1.54, 1.807) is 38.1 Å². The summed E-state index contributed by atoms with van der Waals surface area (Å²) in [6.07, 6.45) is 0. The quantitative estimate of drug-likeness (QED) is 0.0789. The van der Waals surface area contributed by atoms with Crippen LogP contribution in [0.5, 0.6) is 0 Å². The number of nitrogens with one attached hydrogen (secondary N) is 5. The van der Waals surface area contributed by atoms with Crippen LogP contribution in [0.4, 0.5) is 23.3 Å². The summed E-state index contributed by atoms with van der Waals surface area (Å²) in [4.78, 5) is 9.81. The fourth-order valence-electron chi connectivity index (χ4n) is 4.40. The molecule has 16 heteroatoms. The molecule has 0 bridgehead atoms. The summed E-state index contributed by atoms with van der Waals surface area (Å²) in [5.41, 5.74) is 11.0. The van der Waals surface area contributed by atoms with Crippen molar-refractivity contribution in [1.82, 2.24) is 19.4 Å². The first-order valence-corrected chi connectivity index (χ1v) is 18.4. The van der Waals surface area contributed by atoms with Crippen LogP contribution in [0.1, 0.15) is 25.0 Å². The maximum atomic E-state index is 12.2. The lowest BCUT2D eigenvalue weighted by atomic mass is 10.1. The topological polar surface area (TPSA) is 179 Å². The predicted octanol–water partition coefficient (Wildman–Crippen LogP) is 5.44. The number of para-hydroxylation sites is 1. The molecule has 0 spiro atoms. The van der Waals surface area contributed by atoms with E-state index in [0.29, 0.717) is 39.7 Å². The summed E-state index contributed by atoms with van der Waals surface area (Å²) in [6, 6.07) is 24.2. The van der Waals surface area contributed by atoms with E-state index >= 15 is 0 Å². The lowest BCUT2D eigenvalue weighted by molar-refractivity contribution is 0.586. The Balaban J connectivity index is 1.53. The van der Waals surface area contributed by atoms with Gasteiger partial charge in [0.05, 0.1) is 26.8 Å². The summed E-state index contributed by atoms with van der Waals surface area (Å²) in [5, 5.41) is 16.3. The Kier molecular flexibility index (Phi) is 10.6. The molecular formula is C32H33N9O4S3. The zero-order chi connectivity index (χ0) is 34.3. The molecule has 0 saturated heterocycles. The van der Waals surface area contributed by atoms with Crippen LogP contribution in [-0.4, -0.2) is 52.3 Å². The Hall–Kier alpha value is -5.00. The predicted molar refractivity (Wildman–Crippen MR) is 192 cm³/mol. The second-order valence-electron chi connectivity index (χ2n) is 10.2. The van der Waals surface area contributed by atoms with Crippen molar-refractivity contribution in [2.45, 2.75) is 23.6 Å². The van der Waals surface area contributed by atoms with Gasteiger partial charge in [-0.15, -0.1) is 0 Å². The SMILES string of the molecule is CNS(=O)(=O)c1ccc(/C(C)=N/Nc2nc(Nc3ccccc3)nc(N/N=C(\C)c3ccc(S(=O)(=O)NC)cc3)c2-c2ccsc2)cc1. The lowest BCUT2D eigenvalue weighted by Gasteiger charge is -2.15. The molecule has 13 nitrogen and oxygen atoms in total. The molecular weight excluding hydrogens is 671 g/mol. The third kappa shape index (κ3) is 8.10. The van der Waals surface area contributed by atoms with Gasteiger partial charge >= 0.3 is 0 Å². The molecule has 248 valence electrons. The van der Waals surface area contributed by atoms with Gasteiger partial charge in [0.2, 0.25) is 26.0 Å². The van der Waals surface area contributed by atoms with Crippen LogP contribution in [0.3, 0.4) is 0 Å². The van der Waals surface area contributed by atoms with E-state index in [4.69, 9.17) is 9.97 Å². The van der Waals surface area contributed by atoms with Crippen molar-refractivity contribution in [2.24, 2.45) is 10.2 Å². The van der Waals surface area contributed by atoms with Crippen LogP contribution >= 0.6 is 11.3 Å². The summed E-state index contributed by atoms with van der Waals surface area (Å²) < 4.78 is 53.3. The number of sulfonamides is 2. The third-order valence-corrected chi connectivity index (χ3v) is 10.7. The van der Waals surface area contributed by atoms with Gasteiger partial charge < -0.3 is 5.32 Å². The van der Waals surface area contributed by atoms with E-state index in [1.165, 1.54) is 49.7 Å². The molecule has 5 rings (SSSR count). The van der Waals surface area contributed by atoms with E-state index in [0.717, 1.165) is 11.3 Å². The van der Waals surface area contributed by atoms with Gasteiger partial charge in [-0.05, 0) is 97.9 Å². The van der Waals surface area contributed by atoms with Crippen molar-refractivity contribution in [3.8, 4) is 11.1 Å². The molecule has 0 aliphatic heterocycles. The van der Waals surface area contributed by atoms with Crippen LogP contribution in [0, 0.1) is 0 Å². The molecule has 0 amide bonds. The van der Waals surface area contributed by atoms with Gasteiger partial charge in [-0.2, -0.15) is 31.5 Å². The Morgan fingerprint density at radius 3 is 1.56 bits per heavy atom. The van der Waals surface area contributed by atoms with Gasteiger partial charge in [0, 0.05) is 5.69 Å². The highest BCUT2D eigenvalue weighted by atomic mass is 32.2. The Morgan fingerprint density at radius 2 is 1.15 bits per heavy atom. The maximum Gasteiger partial charge on any atom is 0.240 e. The second kappa shape index (κ2) is 14.8. The number of hydrogen-bond acceptors (Lipinski definition) is 12. The number of thiophene rings is 1. The Morgan fingerprint density at radius 1 is 0.667 bits per heavy atom. The molecule has 0 aliphatic carbocycles. The molecule has 2 aromatic heterocycles.